The Bertz CT molecular complexity index is 1160. The summed E-state index contributed by atoms with van der Waals surface area (Å²) >= 11 is 0. The average molecular weight is 496 g/mol. The first-order valence-electron chi connectivity index (χ1n) is 12.0. The first-order valence-corrected chi connectivity index (χ1v) is 12.0. The molecule has 2 aliphatic heterocycles. The minimum Gasteiger partial charge on any atom is -0.507 e. The van der Waals surface area contributed by atoms with Crippen LogP contribution in [-0.4, -0.2) is 77.5 Å². The number of non-ortho nitro benzene ring substituents is 1. The second-order valence-electron chi connectivity index (χ2n) is 8.61. The average Bonchev–Trinajstić information content (AvgIpc) is 3.14. The molecule has 0 aromatic heterocycles. The highest BCUT2D eigenvalue weighted by atomic mass is 16.6. The van der Waals surface area contributed by atoms with Crippen molar-refractivity contribution >= 4 is 23.1 Å². The van der Waals surface area contributed by atoms with Gasteiger partial charge in [0.1, 0.15) is 11.5 Å². The summed E-state index contributed by atoms with van der Waals surface area (Å²) in [7, 11) is 0. The lowest BCUT2D eigenvalue weighted by molar-refractivity contribution is -0.384. The zero-order chi connectivity index (χ0) is 25.7. The number of amides is 1. The zero-order valence-corrected chi connectivity index (χ0v) is 20.1. The topological polar surface area (TPSA) is 122 Å². The van der Waals surface area contributed by atoms with Gasteiger partial charge in [0.25, 0.3) is 17.4 Å². The van der Waals surface area contributed by atoms with Gasteiger partial charge in [0.2, 0.25) is 0 Å². The Morgan fingerprint density at radius 3 is 2.53 bits per heavy atom. The lowest BCUT2D eigenvalue weighted by Gasteiger charge is -2.29. The van der Waals surface area contributed by atoms with Crippen molar-refractivity contribution in [2.75, 3.05) is 46.0 Å². The molecule has 1 atom stereocenters. The van der Waals surface area contributed by atoms with Gasteiger partial charge >= 0.3 is 0 Å². The van der Waals surface area contributed by atoms with Gasteiger partial charge in [-0.25, -0.2) is 0 Å². The number of morpholine rings is 1. The maximum atomic E-state index is 13.2. The maximum absolute atomic E-state index is 13.2. The summed E-state index contributed by atoms with van der Waals surface area (Å²) in [6.45, 7) is 6.23. The Labute approximate surface area is 208 Å². The normalized spacial score (nSPS) is 20.0. The Morgan fingerprint density at radius 1 is 1.14 bits per heavy atom. The van der Waals surface area contributed by atoms with Gasteiger partial charge < -0.3 is 19.5 Å². The number of aliphatic hydroxyl groups is 1. The second-order valence-corrected chi connectivity index (χ2v) is 8.61. The first-order chi connectivity index (χ1) is 17.4. The smallest absolute Gasteiger partial charge is 0.295 e. The van der Waals surface area contributed by atoms with Crippen LogP contribution in [0.3, 0.4) is 0 Å². The summed E-state index contributed by atoms with van der Waals surface area (Å²) in [6, 6.07) is 11.5. The number of nitrogens with zero attached hydrogens (tertiary/aromatic N) is 3. The summed E-state index contributed by atoms with van der Waals surface area (Å²) in [6.07, 6.45) is 0.621. The standard InChI is InChI=1S/C26H29N3O7/c1-2-36-21-6-3-5-19(17-21)24(30)22-23(18-7-9-20(10-8-18)29(33)34)28(26(32)25(22)31)12-4-11-27-13-15-35-16-14-27/h3,5-10,17,23,30H,2,4,11-16H2,1H3. The van der Waals surface area contributed by atoms with Crippen molar-refractivity contribution < 1.29 is 29.1 Å². The molecule has 0 saturated carbocycles. The van der Waals surface area contributed by atoms with E-state index in [-0.39, 0.29) is 17.0 Å². The summed E-state index contributed by atoms with van der Waals surface area (Å²) in [4.78, 5) is 40.6. The van der Waals surface area contributed by atoms with Gasteiger partial charge in [0.15, 0.2) is 0 Å². The molecule has 0 aliphatic carbocycles. The number of hydrogen-bond donors (Lipinski definition) is 1. The highest BCUT2D eigenvalue weighted by Gasteiger charge is 2.46. The predicted octanol–water partition coefficient (Wildman–Crippen LogP) is 3.14. The first kappa shape index (κ1) is 25.3. The number of Topliss-reactive ketones (excluding diaryl/α,β-unsaturated/α-hetero) is 1. The fraction of sp³-hybridized carbons (Fsp3) is 0.385. The van der Waals surface area contributed by atoms with Crippen molar-refractivity contribution in [3.8, 4) is 5.75 Å². The number of aliphatic hydroxyl groups excluding tert-OH is 1. The SMILES string of the molecule is CCOc1cccc(C(O)=C2C(=O)C(=O)N(CCCN3CCOCC3)C2c2ccc([N+](=O)[O-])cc2)c1. The summed E-state index contributed by atoms with van der Waals surface area (Å²) in [5.41, 5.74) is 0.703. The minimum absolute atomic E-state index is 0.0473. The number of nitro groups is 1. The fourth-order valence-corrected chi connectivity index (χ4v) is 4.58. The lowest BCUT2D eigenvalue weighted by atomic mass is 9.95. The Balaban J connectivity index is 1.69. The van der Waals surface area contributed by atoms with E-state index in [2.05, 4.69) is 4.90 Å². The van der Waals surface area contributed by atoms with Crippen LogP contribution >= 0.6 is 0 Å². The largest absolute Gasteiger partial charge is 0.507 e. The number of likely N-dealkylation sites (tertiary alicyclic amines) is 1. The van der Waals surface area contributed by atoms with E-state index in [0.717, 1.165) is 19.6 Å². The number of ether oxygens (including phenoxy) is 2. The third-order valence-electron chi connectivity index (χ3n) is 6.36. The number of carbonyl (C=O) groups excluding carboxylic acids is 2. The van der Waals surface area contributed by atoms with Crippen molar-refractivity contribution in [1.29, 1.82) is 0 Å². The van der Waals surface area contributed by atoms with E-state index in [0.29, 0.717) is 49.7 Å². The van der Waals surface area contributed by atoms with Crippen molar-refractivity contribution in [2.45, 2.75) is 19.4 Å². The molecule has 2 aromatic rings. The third kappa shape index (κ3) is 5.39. The predicted molar refractivity (Wildman–Crippen MR) is 132 cm³/mol. The molecular formula is C26H29N3O7. The molecule has 36 heavy (non-hydrogen) atoms. The van der Waals surface area contributed by atoms with Crippen LogP contribution in [0, 0.1) is 10.1 Å². The second kappa shape index (κ2) is 11.3. The molecule has 1 N–H and O–H groups in total. The summed E-state index contributed by atoms with van der Waals surface area (Å²) < 4.78 is 10.9. The van der Waals surface area contributed by atoms with Gasteiger partial charge in [0, 0.05) is 43.9 Å². The maximum Gasteiger partial charge on any atom is 0.295 e. The van der Waals surface area contributed by atoms with Gasteiger partial charge in [-0.05, 0) is 43.2 Å². The van der Waals surface area contributed by atoms with Gasteiger partial charge in [0.05, 0.1) is 36.4 Å². The molecule has 2 fully saturated rings. The molecule has 0 bridgehead atoms. The minimum atomic E-state index is -0.869. The number of carbonyl (C=O) groups is 2. The highest BCUT2D eigenvalue weighted by Crippen LogP contribution is 2.40. The molecule has 190 valence electrons. The van der Waals surface area contributed by atoms with Crippen LogP contribution in [0.25, 0.3) is 5.76 Å². The van der Waals surface area contributed by atoms with E-state index in [1.807, 2.05) is 6.92 Å². The number of benzene rings is 2. The molecule has 4 rings (SSSR count). The van der Waals surface area contributed by atoms with Crippen molar-refractivity contribution in [2.24, 2.45) is 0 Å². The molecule has 1 unspecified atom stereocenters. The molecule has 2 heterocycles. The molecule has 0 spiro atoms. The van der Waals surface area contributed by atoms with Crippen molar-refractivity contribution in [3.63, 3.8) is 0 Å². The van der Waals surface area contributed by atoms with Gasteiger partial charge in [-0.3, -0.25) is 24.6 Å². The van der Waals surface area contributed by atoms with Crippen LogP contribution in [0.2, 0.25) is 0 Å². The Morgan fingerprint density at radius 2 is 1.86 bits per heavy atom. The van der Waals surface area contributed by atoms with Gasteiger partial charge in [-0.1, -0.05) is 12.1 Å². The monoisotopic (exact) mass is 495 g/mol. The van der Waals surface area contributed by atoms with Crippen LogP contribution in [-0.2, 0) is 14.3 Å². The van der Waals surface area contributed by atoms with E-state index < -0.39 is 22.7 Å². The van der Waals surface area contributed by atoms with Gasteiger partial charge in [-0.15, -0.1) is 0 Å². The Hall–Kier alpha value is -3.76. The number of hydrogen-bond acceptors (Lipinski definition) is 8. The molecule has 2 saturated heterocycles. The van der Waals surface area contributed by atoms with E-state index in [1.54, 1.807) is 24.3 Å². The van der Waals surface area contributed by atoms with Gasteiger partial charge in [-0.2, -0.15) is 0 Å². The van der Waals surface area contributed by atoms with E-state index in [9.17, 15) is 24.8 Å². The summed E-state index contributed by atoms with van der Waals surface area (Å²) in [5, 5.41) is 22.4. The molecule has 2 aliphatic rings. The molecule has 0 radical (unpaired) electrons. The summed E-state index contributed by atoms with van der Waals surface area (Å²) in [5.74, 6) is -1.28. The van der Waals surface area contributed by atoms with Crippen LogP contribution < -0.4 is 4.74 Å². The Kier molecular flexibility index (Phi) is 7.97. The number of rotatable bonds is 9. The third-order valence-corrected chi connectivity index (χ3v) is 6.36. The van der Waals surface area contributed by atoms with Crippen LogP contribution in [0.5, 0.6) is 5.75 Å². The van der Waals surface area contributed by atoms with E-state index in [4.69, 9.17) is 9.47 Å². The lowest BCUT2D eigenvalue weighted by Crippen LogP contribution is -2.38. The van der Waals surface area contributed by atoms with Crippen LogP contribution in [0.15, 0.2) is 54.1 Å². The molecule has 10 nitrogen and oxygen atoms in total. The van der Waals surface area contributed by atoms with Crippen LogP contribution in [0.1, 0.15) is 30.5 Å². The molecule has 10 heteroatoms. The van der Waals surface area contributed by atoms with E-state index in [1.165, 1.54) is 29.2 Å². The van der Waals surface area contributed by atoms with Crippen LogP contribution in [0.4, 0.5) is 5.69 Å². The highest BCUT2D eigenvalue weighted by molar-refractivity contribution is 6.46. The quantitative estimate of drug-likeness (QED) is 0.185. The fourth-order valence-electron chi connectivity index (χ4n) is 4.58. The molecular weight excluding hydrogens is 466 g/mol. The van der Waals surface area contributed by atoms with Crippen molar-refractivity contribution in [1.82, 2.24) is 9.80 Å². The number of nitro benzene ring substituents is 1. The number of ketones is 1. The van der Waals surface area contributed by atoms with Crippen molar-refractivity contribution in [3.05, 3.63) is 75.3 Å². The zero-order valence-electron chi connectivity index (χ0n) is 20.1. The van der Waals surface area contributed by atoms with E-state index >= 15 is 0 Å². The molecule has 2 aromatic carbocycles. The molecule has 1 amide bonds.